The maximum absolute atomic E-state index is 10.6. The molecule has 0 spiro atoms. The lowest BCUT2D eigenvalue weighted by Gasteiger charge is -2.01. The largest absolute Gasteiger partial charge is 0.478 e. The standard InChI is InChI=1S/C9H8O4.C2H2O2/c1-5-2-3-6(8(10)11)4-7(5)9(12)13;3-1-2-4/h2-4H,1H3,(H,10,11)(H,12,13);1-2H. The number of hydrogen-bond acceptors (Lipinski definition) is 4. The summed E-state index contributed by atoms with van der Waals surface area (Å²) >= 11 is 0. The van der Waals surface area contributed by atoms with Crippen LogP contribution in [0.15, 0.2) is 18.2 Å². The molecule has 0 heterocycles. The number of carboxylic acid groups (broad SMARTS) is 2. The van der Waals surface area contributed by atoms with Crippen LogP contribution in [0.25, 0.3) is 0 Å². The zero-order valence-corrected chi connectivity index (χ0v) is 8.91. The van der Waals surface area contributed by atoms with Crippen molar-refractivity contribution in [1.82, 2.24) is 0 Å². The van der Waals surface area contributed by atoms with Crippen molar-refractivity contribution in [2.24, 2.45) is 0 Å². The Hall–Kier alpha value is -2.50. The molecular formula is C11H10O6. The van der Waals surface area contributed by atoms with Gasteiger partial charge in [0.15, 0.2) is 12.6 Å². The fraction of sp³-hybridized carbons (Fsp3) is 0.0909. The van der Waals surface area contributed by atoms with Gasteiger partial charge in [-0.15, -0.1) is 0 Å². The first kappa shape index (κ1) is 14.5. The molecule has 0 aliphatic rings. The van der Waals surface area contributed by atoms with E-state index >= 15 is 0 Å². The topological polar surface area (TPSA) is 109 Å². The average Bonchev–Trinajstić information content (AvgIpc) is 2.29. The Labute approximate surface area is 96.5 Å². The number of aryl methyl sites for hydroxylation is 1. The maximum Gasteiger partial charge on any atom is 0.335 e. The molecule has 1 rings (SSSR count). The van der Waals surface area contributed by atoms with E-state index in [1.807, 2.05) is 0 Å². The summed E-state index contributed by atoms with van der Waals surface area (Å²) in [5.74, 6) is -2.23. The first-order valence-corrected chi connectivity index (χ1v) is 4.40. The summed E-state index contributed by atoms with van der Waals surface area (Å²) in [7, 11) is 0. The molecule has 6 heteroatoms. The minimum Gasteiger partial charge on any atom is -0.478 e. The second-order valence-corrected chi connectivity index (χ2v) is 2.91. The third-order valence-corrected chi connectivity index (χ3v) is 1.77. The Morgan fingerprint density at radius 3 is 1.94 bits per heavy atom. The predicted octanol–water partition coefficient (Wildman–Crippen LogP) is 0.776. The Morgan fingerprint density at radius 1 is 1.06 bits per heavy atom. The molecule has 0 aliphatic carbocycles. The van der Waals surface area contributed by atoms with Gasteiger partial charge in [0.25, 0.3) is 0 Å². The molecule has 0 saturated heterocycles. The molecule has 0 amide bonds. The van der Waals surface area contributed by atoms with Gasteiger partial charge in [0, 0.05) is 0 Å². The zero-order valence-electron chi connectivity index (χ0n) is 8.91. The number of carbonyl (C=O) groups excluding carboxylic acids is 2. The van der Waals surface area contributed by atoms with Crippen LogP contribution < -0.4 is 0 Å². The first-order chi connectivity index (χ1) is 7.93. The third kappa shape index (κ3) is 4.70. The normalized spacial score (nSPS) is 8.53. The highest BCUT2D eigenvalue weighted by Crippen LogP contribution is 2.11. The van der Waals surface area contributed by atoms with Gasteiger partial charge >= 0.3 is 11.9 Å². The van der Waals surface area contributed by atoms with Gasteiger partial charge < -0.3 is 10.2 Å². The van der Waals surface area contributed by atoms with E-state index in [0.717, 1.165) is 6.07 Å². The van der Waals surface area contributed by atoms with E-state index in [0.29, 0.717) is 5.56 Å². The van der Waals surface area contributed by atoms with Crippen LogP contribution in [0, 0.1) is 6.92 Å². The van der Waals surface area contributed by atoms with Crippen molar-refractivity contribution in [3.05, 3.63) is 34.9 Å². The van der Waals surface area contributed by atoms with Crippen LogP contribution in [0.1, 0.15) is 26.3 Å². The fourth-order valence-electron chi connectivity index (χ4n) is 0.985. The van der Waals surface area contributed by atoms with Crippen molar-refractivity contribution in [3.8, 4) is 0 Å². The van der Waals surface area contributed by atoms with Crippen LogP contribution >= 0.6 is 0 Å². The molecule has 0 radical (unpaired) electrons. The molecular weight excluding hydrogens is 228 g/mol. The lowest BCUT2D eigenvalue weighted by atomic mass is 10.1. The summed E-state index contributed by atoms with van der Waals surface area (Å²) in [6, 6.07) is 4.01. The van der Waals surface area contributed by atoms with Gasteiger partial charge in [-0.1, -0.05) is 6.07 Å². The summed E-state index contributed by atoms with van der Waals surface area (Å²) < 4.78 is 0. The quantitative estimate of drug-likeness (QED) is 0.594. The molecule has 0 unspecified atom stereocenters. The van der Waals surface area contributed by atoms with Crippen molar-refractivity contribution in [3.63, 3.8) is 0 Å². The van der Waals surface area contributed by atoms with Gasteiger partial charge in [-0.25, -0.2) is 9.59 Å². The molecule has 6 nitrogen and oxygen atoms in total. The van der Waals surface area contributed by atoms with E-state index in [2.05, 4.69) is 0 Å². The molecule has 2 N–H and O–H groups in total. The van der Waals surface area contributed by atoms with Crippen LogP contribution in [-0.2, 0) is 9.59 Å². The van der Waals surface area contributed by atoms with Crippen molar-refractivity contribution >= 4 is 24.5 Å². The Kier molecular flexibility index (Phi) is 5.87. The van der Waals surface area contributed by atoms with Crippen LogP contribution in [0.4, 0.5) is 0 Å². The summed E-state index contributed by atoms with van der Waals surface area (Å²) in [6.45, 7) is 1.62. The second-order valence-electron chi connectivity index (χ2n) is 2.91. The zero-order chi connectivity index (χ0) is 13.4. The first-order valence-electron chi connectivity index (χ1n) is 4.40. The third-order valence-electron chi connectivity index (χ3n) is 1.77. The highest BCUT2D eigenvalue weighted by atomic mass is 16.4. The van der Waals surface area contributed by atoms with E-state index in [4.69, 9.17) is 19.8 Å². The molecule has 0 aliphatic heterocycles. The van der Waals surface area contributed by atoms with Gasteiger partial charge in [0.05, 0.1) is 11.1 Å². The molecule has 17 heavy (non-hydrogen) atoms. The number of aldehydes is 2. The number of rotatable bonds is 3. The van der Waals surface area contributed by atoms with Crippen molar-refractivity contribution < 1.29 is 29.4 Å². The summed E-state index contributed by atoms with van der Waals surface area (Å²) in [5, 5.41) is 17.3. The van der Waals surface area contributed by atoms with E-state index in [1.54, 1.807) is 6.92 Å². The van der Waals surface area contributed by atoms with Gasteiger partial charge in [-0.05, 0) is 24.6 Å². The Balaban J connectivity index is 0.000000557. The number of hydrogen-bond donors (Lipinski definition) is 2. The fourth-order valence-corrected chi connectivity index (χ4v) is 0.985. The van der Waals surface area contributed by atoms with Crippen molar-refractivity contribution in [2.75, 3.05) is 0 Å². The van der Waals surface area contributed by atoms with Crippen molar-refractivity contribution in [1.29, 1.82) is 0 Å². The van der Waals surface area contributed by atoms with Crippen LogP contribution in [0.2, 0.25) is 0 Å². The van der Waals surface area contributed by atoms with Gasteiger partial charge in [0.1, 0.15) is 0 Å². The minimum absolute atomic E-state index is 0.0111. The summed E-state index contributed by atoms with van der Waals surface area (Å²) in [4.78, 5) is 38.7. The van der Waals surface area contributed by atoms with Crippen LogP contribution in [-0.4, -0.2) is 34.7 Å². The van der Waals surface area contributed by atoms with Crippen LogP contribution in [0.3, 0.4) is 0 Å². The van der Waals surface area contributed by atoms with Crippen molar-refractivity contribution in [2.45, 2.75) is 6.92 Å². The highest BCUT2D eigenvalue weighted by molar-refractivity contribution is 6.09. The number of benzene rings is 1. The lowest BCUT2D eigenvalue weighted by Crippen LogP contribution is -2.03. The van der Waals surface area contributed by atoms with Gasteiger partial charge in [-0.3, -0.25) is 9.59 Å². The molecule has 0 atom stereocenters. The number of carboxylic acids is 2. The van der Waals surface area contributed by atoms with Gasteiger partial charge in [-0.2, -0.15) is 0 Å². The Morgan fingerprint density at radius 2 is 1.59 bits per heavy atom. The van der Waals surface area contributed by atoms with Gasteiger partial charge in [0.2, 0.25) is 0 Å². The summed E-state index contributed by atoms with van der Waals surface area (Å²) in [6.07, 6.45) is 0.389. The number of carbonyl (C=O) groups is 4. The second kappa shape index (κ2) is 6.89. The lowest BCUT2D eigenvalue weighted by molar-refractivity contribution is -0.122. The minimum atomic E-state index is -1.12. The average molecular weight is 238 g/mol. The van der Waals surface area contributed by atoms with E-state index < -0.39 is 11.9 Å². The van der Waals surface area contributed by atoms with E-state index in [-0.39, 0.29) is 23.7 Å². The van der Waals surface area contributed by atoms with E-state index in [1.165, 1.54) is 12.1 Å². The highest BCUT2D eigenvalue weighted by Gasteiger charge is 2.10. The predicted molar refractivity (Wildman–Crippen MR) is 57.2 cm³/mol. The molecule has 1 aromatic rings. The molecule has 0 bridgehead atoms. The SMILES string of the molecule is Cc1ccc(C(=O)O)cc1C(=O)O.O=CC=O. The molecule has 0 saturated carbocycles. The molecule has 0 fully saturated rings. The summed E-state index contributed by atoms with van der Waals surface area (Å²) in [5.41, 5.74) is 0.570. The molecule has 90 valence electrons. The molecule has 0 aromatic heterocycles. The maximum atomic E-state index is 10.6. The van der Waals surface area contributed by atoms with Crippen LogP contribution in [0.5, 0.6) is 0 Å². The monoisotopic (exact) mass is 238 g/mol. The number of aromatic carboxylic acids is 2. The van der Waals surface area contributed by atoms with E-state index in [9.17, 15) is 9.59 Å². The smallest absolute Gasteiger partial charge is 0.335 e. The Bertz CT molecular complexity index is 443. The molecule has 1 aromatic carbocycles.